The van der Waals surface area contributed by atoms with Crippen molar-refractivity contribution < 1.29 is 0 Å². The van der Waals surface area contributed by atoms with Crippen molar-refractivity contribution in [2.75, 3.05) is 7.05 Å². The van der Waals surface area contributed by atoms with Crippen molar-refractivity contribution in [2.24, 2.45) is 0 Å². The fourth-order valence-corrected chi connectivity index (χ4v) is 2.82. The highest BCUT2D eigenvalue weighted by molar-refractivity contribution is 7.11. The van der Waals surface area contributed by atoms with Gasteiger partial charge in [-0.3, -0.25) is 10.00 Å². The molecular formula is C12H17N5S. The molecule has 1 N–H and O–H groups in total. The van der Waals surface area contributed by atoms with Crippen molar-refractivity contribution >= 4 is 11.3 Å². The van der Waals surface area contributed by atoms with Crippen LogP contribution in [0.25, 0.3) is 0 Å². The first-order valence-electron chi connectivity index (χ1n) is 6.22. The number of aromatic nitrogens is 4. The molecule has 2 heterocycles. The average Bonchev–Trinajstić information content (AvgIpc) is 2.95. The second-order valence-corrected chi connectivity index (χ2v) is 6.25. The molecule has 0 spiro atoms. The Bertz CT molecular complexity index is 528. The van der Waals surface area contributed by atoms with E-state index < -0.39 is 0 Å². The van der Waals surface area contributed by atoms with Crippen molar-refractivity contribution in [1.82, 2.24) is 25.3 Å². The first-order valence-corrected chi connectivity index (χ1v) is 7.04. The van der Waals surface area contributed by atoms with E-state index >= 15 is 0 Å². The number of aromatic amines is 1. The molecule has 6 heteroatoms. The van der Waals surface area contributed by atoms with E-state index in [4.69, 9.17) is 0 Å². The highest BCUT2D eigenvalue weighted by Gasteiger charge is 2.26. The van der Waals surface area contributed by atoms with Crippen molar-refractivity contribution in [3.05, 3.63) is 27.5 Å². The van der Waals surface area contributed by atoms with E-state index in [1.165, 1.54) is 24.2 Å². The molecule has 18 heavy (non-hydrogen) atoms. The second kappa shape index (κ2) is 4.78. The lowest BCUT2D eigenvalue weighted by atomic mass is 10.2. The van der Waals surface area contributed by atoms with Crippen molar-refractivity contribution in [1.29, 1.82) is 0 Å². The van der Waals surface area contributed by atoms with Crippen LogP contribution < -0.4 is 0 Å². The fourth-order valence-electron chi connectivity index (χ4n) is 2.03. The van der Waals surface area contributed by atoms with Crippen molar-refractivity contribution in [3.8, 4) is 0 Å². The SMILES string of the molecule is Cc1nnc(CN(C)Cc2cc(C3CC3)n[nH]2)s1. The molecule has 2 aromatic rings. The lowest BCUT2D eigenvalue weighted by Crippen LogP contribution is -2.17. The van der Waals surface area contributed by atoms with Gasteiger partial charge in [-0.1, -0.05) is 0 Å². The van der Waals surface area contributed by atoms with Crippen LogP contribution in [0.3, 0.4) is 0 Å². The molecule has 96 valence electrons. The average molecular weight is 263 g/mol. The Hall–Kier alpha value is -1.27. The highest BCUT2D eigenvalue weighted by atomic mass is 32.1. The van der Waals surface area contributed by atoms with Gasteiger partial charge in [0, 0.05) is 18.2 Å². The molecule has 0 aliphatic heterocycles. The largest absolute Gasteiger partial charge is 0.294 e. The summed E-state index contributed by atoms with van der Waals surface area (Å²) in [6.45, 7) is 3.69. The van der Waals surface area contributed by atoms with E-state index in [-0.39, 0.29) is 0 Å². The van der Waals surface area contributed by atoms with Crippen LogP contribution in [-0.4, -0.2) is 32.3 Å². The van der Waals surface area contributed by atoms with E-state index in [9.17, 15) is 0 Å². The van der Waals surface area contributed by atoms with Crippen LogP contribution in [0.15, 0.2) is 6.07 Å². The molecule has 0 atom stereocenters. The number of hydrogen-bond acceptors (Lipinski definition) is 5. The summed E-state index contributed by atoms with van der Waals surface area (Å²) >= 11 is 1.66. The highest BCUT2D eigenvalue weighted by Crippen LogP contribution is 2.39. The molecule has 3 rings (SSSR count). The summed E-state index contributed by atoms with van der Waals surface area (Å²) < 4.78 is 0. The molecule has 0 aromatic carbocycles. The predicted molar refractivity (Wildman–Crippen MR) is 70.4 cm³/mol. The lowest BCUT2D eigenvalue weighted by molar-refractivity contribution is 0.313. The van der Waals surface area contributed by atoms with Gasteiger partial charge in [-0.15, -0.1) is 21.5 Å². The van der Waals surface area contributed by atoms with Crippen LogP contribution in [0.5, 0.6) is 0 Å². The zero-order chi connectivity index (χ0) is 12.5. The summed E-state index contributed by atoms with van der Waals surface area (Å²) in [5.74, 6) is 0.714. The third-order valence-electron chi connectivity index (χ3n) is 3.06. The van der Waals surface area contributed by atoms with Crippen LogP contribution in [0.4, 0.5) is 0 Å². The third-order valence-corrected chi connectivity index (χ3v) is 3.88. The first kappa shape index (κ1) is 11.8. The molecule has 1 fully saturated rings. The van der Waals surface area contributed by atoms with Crippen LogP contribution >= 0.6 is 11.3 Å². The molecule has 2 aromatic heterocycles. The summed E-state index contributed by atoms with van der Waals surface area (Å²) in [7, 11) is 2.09. The van der Waals surface area contributed by atoms with Crippen molar-refractivity contribution in [2.45, 2.75) is 38.8 Å². The van der Waals surface area contributed by atoms with E-state index in [1.54, 1.807) is 11.3 Å². The van der Waals surface area contributed by atoms with E-state index in [2.05, 4.69) is 38.4 Å². The van der Waals surface area contributed by atoms with Gasteiger partial charge in [-0.25, -0.2) is 0 Å². The Labute approximate surface area is 110 Å². The number of nitrogens with one attached hydrogen (secondary N) is 1. The molecule has 0 unspecified atom stereocenters. The molecule has 1 aliphatic carbocycles. The van der Waals surface area contributed by atoms with Gasteiger partial charge in [-0.2, -0.15) is 5.10 Å². The van der Waals surface area contributed by atoms with Gasteiger partial charge in [0.25, 0.3) is 0 Å². The summed E-state index contributed by atoms with van der Waals surface area (Å²) in [5, 5.41) is 17.8. The second-order valence-electron chi connectivity index (χ2n) is 4.98. The zero-order valence-corrected chi connectivity index (χ0v) is 11.5. The summed E-state index contributed by atoms with van der Waals surface area (Å²) in [6.07, 6.45) is 2.59. The molecule has 1 aliphatic rings. The Kier molecular flexibility index (Phi) is 3.13. The number of H-pyrrole nitrogens is 1. The van der Waals surface area contributed by atoms with E-state index in [0.29, 0.717) is 5.92 Å². The minimum Gasteiger partial charge on any atom is -0.294 e. The number of nitrogens with zero attached hydrogens (tertiary/aromatic N) is 4. The summed E-state index contributed by atoms with van der Waals surface area (Å²) in [5.41, 5.74) is 2.41. The molecule has 0 saturated heterocycles. The van der Waals surface area contributed by atoms with Gasteiger partial charge in [0.15, 0.2) is 0 Å². The Balaban J connectivity index is 1.57. The van der Waals surface area contributed by atoms with E-state index in [0.717, 1.165) is 23.1 Å². The smallest absolute Gasteiger partial charge is 0.131 e. The molecular weight excluding hydrogens is 246 g/mol. The summed E-state index contributed by atoms with van der Waals surface area (Å²) in [4.78, 5) is 2.23. The minimum absolute atomic E-state index is 0.714. The van der Waals surface area contributed by atoms with Gasteiger partial charge in [0.2, 0.25) is 0 Å². The van der Waals surface area contributed by atoms with E-state index in [1.807, 2.05) is 6.92 Å². The van der Waals surface area contributed by atoms with Gasteiger partial charge in [-0.05, 0) is 32.9 Å². The van der Waals surface area contributed by atoms with Crippen LogP contribution in [0.2, 0.25) is 0 Å². The molecule has 0 amide bonds. The monoisotopic (exact) mass is 263 g/mol. The first-order chi connectivity index (χ1) is 8.70. The maximum absolute atomic E-state index is 4.37. The number of aryl methyl sites for hydroxylation is 1. The van der Waals surface area contributed by atoms with Crippen LogP contribution in [0, 0.1) is 6.92 Å². The fraction of sp³-hybridized carbons (Fsp3) is 0.583. The standard InChI is InChI=1S/C12H17N5S/c1-8-13-16-12(18-8)7-17(2)6-10-5-11(15-14-10)9-3-4-9/h5,9H,3-4,6-7H2,1-2H3,(H,14,15). The zero-order valence-electron chi connectivity index (χ0n) is 10.7. The Morgan fingerprint density at radius 2 is 2.22 bits per heavy atom. The maximum atomic E-state index is 4.37. The van der Waals surface area contributed by atoms with Gasteiger partial charge >= 0.3 is 0 Å². The predicted octanol–water partition coefficient (Wildman–Crippen LogP) is 2.08. The molecule has 5 nitrogen and oxygen atoms in total. The molecule has 1 saturated carbocycles. The number of rotatable bonds is 5. The maximum Gasteiger partial charge on any atom is 0.131 e. The quantitative estimate of drug-likeness (QED) is 0.897. The summed E-state index contributed by atoms with van der Waals surface area (Å²) in [6, 6.07) is 2.19. The minimum atomic E-state index is 0.714. The number of hydrogen-bond donors (Lipinski definition) is 1. The molecule has 0 bridgehead atoms. The molecule has 0 radical (unpaired) electrons. The normalized spacial score (nSPS) is 15.5. The lowest BCUT2D eigenvalue weighted by Gasteiger charge is -2.12. The van der Waals surface area contributed by atoms with Crippen molar-refractivity contribution in [3.63, 3.8) is 0 Å². The Morgan fingerprint density at radius 1 is 1.39 bits per heavy atom. The Morgan fingerprint density at radius 3 is 2.89 bits per heavy atom. The van der Waals surface area contributed by atoms with Crippen LogP contribution in [-0.2, 0) is 13.1 Å². The van der Waals surface area contributed by atoms with Gasteiger partial charge < -0.3 is 0 Å². The topological polar surface area (TPSA) is 57.7 Å². The van der Waals surface area contributed by atoms with Gasteiger partial charge in [0.05, 0.1) is 12.2 Å². The van der Waals surface area contributed by atoms with Crippen LogP contribution in [0.1, 0.15) is 40.2 Å². The van der Waals surface area contributed by atoms with Gasteiger partial charge in [0.1, 0.15) is 10.0 Å². The third kappa shape index (κ3) is 2.76.